The van der Waals surface area contributed by atoms with Crippen LogP contribution in [0, 0.1) is 0 Å². The molecule has 0 aliphatic rings. The van der Waals surface area contributed by atoms with E-state index in [9.17, 15) is 26.3 Å². The maximum absolute atomic E-state index is 12.4. The van der Waals surface area contributed by atoms with Crippen LogP contribution < -0.4 is 0 Å². The molecule has 0 heterocycles. The van der Waals surface area contributed by atoms with Gasteiger partial charge in [-0.1, -0.05) is 6.08 Å². The fourth-order valence-corrected chi connectivity index (χ4v) is 0.610. The van der Waals surface area contributed by atoms with Crippen LogP contribution in [0.15, 0.2) is 12.7 Å². The minimum Gasteiger partial charge on any atom is -0.203 e. The predicted molar refractivity (Wildman–Crippen MR) is 35.3 cm³/mol. The third-order valence-electron chi connectivity index (χ3n) is 1.42. The number of hydrogen-bond acceptors (Lipinski definition) is 0. The largest absolute Gasteiger partial charge is 0.369 e. The average molecular weight is 206 g/mol. The summed E-state index contributed by atoms with van der Waals surface area (Å²) in [6.45, 7) is 3.02. The van der Waals surface area contributed by atoms with E-state index in [1.165, 1.54) is 0 Å². The summed E-state index contributed by atoms with van der Waals surface area (Å²) in [5.74, 6) is -9.95. The molecule has 0 saturated carbocycles. The molecule has 78 valence electrons. The number of alkyl halides is 6. The van der Waals surface area contributed by atoms with Crippen LogP contribution in [-0.2, 0) is 0 Å². The lowest BCUT2D eigenvalue weighted by Gasteiger charge is -2.25. The fraction of sp³-hybridized carbons (Fsp3) is 0.714. The lowest BCUT2D eigenvalue weighted by Crippen LogP contribution is -2.46. The van der Waals surface area contributed by atoms with Gasteiger partial charge >= 0.3 is 18.3 Å². The Morgan fingerprint density at radius 1 is 1.15 bits per heavy atom. The van der Waals surface area contributed by atoms with Crippen LogP contribution in [0.5, 0.6) is 0 Å². The van der Waals surface area contributed by atoms with E-state index in [-0.39, 0.29) is 0 Å². The maximum atomic E-state index is 12.4. The smallest absolute Gasteiger partial charge is 0.203 e. The van der Waals surface area contributed by atoms with Gasteiger partial charge in [0, 0.05) is 6.42 Å². The molecule has 0 N–H and O–H groups in total. The standard InChI is InChI=1S/C7H8F6/c1-2-3-4-6(10,11)7(12,13)5(8)9/h2,5H,1,3-4H2. The van der Waals surface area contributed by atoms with E-state index in [4.69, 9.17) is 0 Å². The van der Waals surface area contributed by atoms with Crippen LogP contribution in [0.4, 0.5) is 26.3 Å². The second-order valence-electron chi connectivity index (χ2n) is 2.46. The van der Waals surface area contributed by atoms with Crippen LogP contribution in [0.2, 0.25) is 0 Å². The summed E-state index contributed by atoms with van der Waals surface area (Å²) in [6, 6.07) is 0. The number of hydrogen-bond donors (Lipinski definition) is 0. The lowest BCUT2D eigenvalue weighted by molar-refractivity contribution is -0.265. The monoisotopic (exact) mass is 206 g/mol. The highest BCUT2D eigenvalue weighted by Crippen LogP contribution is 2.41. The second-order valence-corrected chi connectivity index (χ2v) is 2.46. The van der Waals surface area contributed by atoms with E-state index in [0.29, 0.717) is 0 Å². The second kappa shape index (κ2) is 4.02. The van der Waals surface area contributed by atoms with E-state index >= 15 is 0 Å². The van der Waals surface area contributed by atoms with Crippen LogP contribution in [0.1, 0.15) is 12.8 Å². The minimum atomic E-state index is -5.27. The van der Waals surface area contributed by atoms with Crippen molar-refractivity contribution in [3.8, 4) is 0 Å². The molecule has 0 aromatic heterocycles. The van der Waals surface area contributed by atoms with E-state index in [1.54, 1.807) is 0 Å². The molecule has 0 rings (SSSR count). The van der Waals surface area contributed by atoms with Crippen LogP contribution >= 0.6 is 0 Å². The van der Waals surface area contributed by atoms with Gasteiger partial charge in [-0.3, -0.25) is 0 Å². The average Bonchev–Trinajstić information content (AvgIpc) is 2.00. The lowest BCUT2D eigenvalue weighted by atomic mass is 10.1. The molecular weight excluding hydrogens is 198 g/mol. The molecule has 0 saturated heterocycles. The van der Waals surface area contributed by atoms with E-state index in [1.807, 2.05) is 0 Å². The van der Waals surface area contributed by atoms with Gasteiger partial charge in [-0.25, -0.2) is 8.78 Å². The first-order chi connectivity index (χ1) is 5.75. The molecule has 0 nitrogen and oxygen atoms in total. The topological polar surface area (TPSA) is 0 Å². The van der Waals surface area contributed by atoms with E-state index in [0.717, 1.165) is 6.08 Å². The summed E-state index contributed by atoms with van der Waals surface area (Å²) < 4.78 is 71.9. The van der Waals surface area contributed by atoms with Gasteiger partial charge in [0.25, 0.3) is 0 Å². The molecule has 13 heavy (non-hydrogen) atoms. The summed E-state index contributed by atoms with van der Waals surface area (Å²) in [4.78, 5) is 0. The van der Waals surface area contributed by atoms with Crippen LogP contribution in [-0.4, -0.2) is 18.3 Å². The first-order valence-corrected chi connectivity index (χ1v) is 3.40. The Labute approximate surface area is 71.2 Å². The summed E-state index contributed by atoms with van der Waals surface area (Å²) >= 11 is 0. The van der Waals surface area contributed by atoms with Gasteiger partial charge in [-0.2, -0.15) is 17.6 Å². The number of allylic oxidation sites excluding steroid dienone is 1. The molecule has 0 atom stereocenters. The number of halogens is 6. The molecule has 0 amide bonds. The number of rotatable bonds is 5. The zero-order valence-electron chi connectivity index (χ0n) is 6.54. The Morgan fingerprint density at radius 3 is 1.92 bits per heavy atom. The molecule has 0 aromatic rings. The van der Waals surface area contributed by atoms with Crippen molar-refractivity contribution in [2.45, 2.75) is 31.1 Å². The first-order valence-electron chi connectivity index (χ1n) is 3.40. The van der Waals surface area contributed by atoms with Crippen molar-refractivity contribution in [2.24, 2.45) is 0 Å². The fourth-order valence-electron chi connectivity index (χ4n) is 0.610. The molecule has 0 aliphatic heterocycles. The van der Waals surface area contributed by atoms with Crippen LogP contribution in [0.25, 0.3) is 0 Å². The van der Waals surface area contributed by atoms with Gasteiger partial charge < -0.3 is 0 Å². The molecular formula is C7H8F6. The highest BCUT2D eigenvalue weighted by molar-refractivity contribution is 4.88. The SMILES string of the molecule is C=CCCC(F)(F)C(F)(F)C(F)F. The van der Waals surface area contributed by atoms with Crippen molar-refractivity contribution in [1.82, 2.24) is 0 Å². The summed E-state index contributed by atoms with van der Waals surface area (Å²) in [5.41, 5.74) is 0. The van der Waals surface area contributed by atoms with Gasteiger partial charge in [0.1, 0.15) is 0 Å². The Balaban J connectivity index is 4.49. The molecule has 0 radical (unpaired) electrons. The maximum Gasteiger partial charge on any atom is 0.369 e. The highest BCUT2D eigenvalue weighted by atomic mass is 19.3. The van der Waals surface area contributed by atoms with Gasteiger partial charge in [-0.05, 0) is 6.42 Å². The summed E-state index contributed by atoms with van der Waals surface area (Å²) in [5, 5.41) is 0. The molecule has 0 bridgehead atoms. The van der Waals surface area contributed by atoms with Crippen molar-refractivity contribution in [1.29, 1.82) is 0 Å². The molecule has 0 aliphatic carbocycles. The predicted octanol–water partition coefficient (Wildman–Crippen LogP) is 3.49. The Morgan fingerprint density at radius 2 is 1.62 bits per heavy atom. The molecule has 0 fully saturated rings. The van der Waals surface area contributed by atoms with Crippen LogP contribution in [0.3, 0.4) is 0 Å². The van der Waals surface area contributed by atoms with Gasteiger partial charge in [0.2, 0.25) is 0 Å². The van der Waals surface area contributed by atoms with Gasteiger partial charge in [0.15, 0.2) is 0 Å². The third kappa shape index (κ3) is 2.63. The molecule has 0 aromatic carbocycles. The van der Waals surface area contributed by atoms with Crippen molar-refractivity contribution >= 4 is 0 Å². The summed E-state index contributed by atoms with van der Waals surface area (Å²) in [7, 11) is 0. The van der Waals surface area contributed by atoms with Crippen molar-refractivity contribution in [3.63, 3.8) is 0 Å². The van der Waals surface area contributed by atoms with Crippen molar-refractivity contribution < 1.29 is 26.3 Å². The highest BCUT2D eigenvalue weighted by Gasteiger charge is 2.61. The zero-order chi connectivity index (χ0) is 10.7. The molecule has 0 spiro atoms. The van der Waals surface area contributed by atoms with Gasteiger partial charge in [-0.15, -0.1) is 6.58 Å². The first kappa shape index (κ1) is 12.3. The Bertz CT molecular complexity index is 174. The third-order valence-corrected chi connectivity index (χ3v) is 1.42. The molecule has 6 heteroatoms. The zero-order valence-corrected chi connectivity index (χ0v) is 6.54. The van der Waals surface area contributed by atoms with Crippen molar-refractivity contribution in [2.75, 3.05) is 0 Å². The van der Waals surface area contributed by atoms with Gasteiger partial charge in [0.05, 0.1) is 0 Å². The Kier molecular flexibility index (Phi) is 3.81. The summed E-state index contributed by atoms with van der Waals surface area (Å²) in [6.07, 6.45) is -5.15. The molecule has 0 unspecified atom stereocenters. The van der Waals surface area contributed by atoms with E-state index < -0.39 is 31.1 Å². The quantitative estimate of drug-likeness (QED) is 0.477. The Hall–Kier alpha value is -0.680. The van der Waals surface area contributed by atoms with Crippen molar-refractivity contribution in [3.05, 3.63) is 12.7 Å². The van der Waals surface area contributed by atoms with E-state index in [2.05, 4.69) is 6.58 Å². The minimum absolute atomic E-state index is 0.435. The normalized spacial score (nSPS) is 13.5.